The van der Waals surface area contributed by atoms with Gasteiger partial charge in [-0.05, 0) is 73.7 Å². The first-order chi connectivity index (χ1) is 14.1. The second-order valence-corrected chi connectivity index (χ2v) is 12.9. The quantitative estimate of drug-likeness (QED) is 0.646. The average molecular weight is 433 g/mol. The average Bonchev–Trinajstić information content (AvgIpc) is 3.01. The summed E-state index contributed by atoms with van der Waals surface area (Å²) in [6.07, 6.45) is 11.5. The zero-order valence-electron chi connectivity index (χ0n) is 19.6. The molecule has 168 valence electrons. The molecule has 0 bridgehead atoms. The van der Waals surface area contributed by atoms with Crippen LogP contribution in [0.5, 0.6) is 0 Å². The van der Waals surface area contributed by atoms with E-state index in [9.17, 15) is 9.59 Å². The van der Waals surface area contributed by atoms with E-state index in [2.05, 4.69) is 39.1 Å². The summed E-state index contributed by atoms with van der Waals surface area (Å²) in [4.78, 5) is 26.3. The first-order valence-corrected chi connectivity index (χ1v) is 12.9. The van der Waals surface area contributed by atoms with Crippen LogP contribution in [0.2, 0.25) is 0 Å². The molecule has 3 fully saturated rings. The Morgan fingerprint density at radius 1 is 1.17 bits per heavy atom. The third-order valence-corrected chi connectivity index (χ3v) is 10.6. The van der Waals surface area contributed by atoms with E-state index in [0.717, 1.165) is 18.3 Å². The second kappa shape index (κ2) is 7.86. The van der Waals surface area contributed by atoms with Crippen molar-refractivity contribution in [3.05, 3.63) is 12.2 Å². The van der Waals surface area contributed by atoms with Crippen LogP contribution in [-0.2, 0) is 9.59 Å². The number of amides is 2. The number of hydrogen-bond acceptors (Lipinski definition) is 3. The van der Waals surface area contributed by atoms with Gasteiger partial charge in [0.1, 0.15) is 0 Å². The third-order valence-electron chi connectivity index (χ3n) is 9.33. The van der Waals surface area contributed by atoms with Gasteiger partial charge >= 0.3 is 0 Å². The van der Waals surface area contributed by atoms with Crippen LogP contribution >= 0.6 is 11.8 Å². The predicted octanol–water partition coefficient (Wildman–Crippen LogP) is 4.85. The van der Waals surface area contributed by atoms with Crippen LogP contribution in [0.25, 0.3) is 0 Å². The molecule has 8 atom stereocenters. The number of rotatable bonds is 4. The maximum Gasteiger partial charge on any atom is 0.246 e. The lowest BCUT2D eigenvalue weighted by molar-refractivity contribution is -0.139. The molecule has 0 spiro atoms. The molecule has 0 aromatic carbocycles. The van der Waals surface area contributed by atoms with E-state index in [1.54, 1.807) is 6.92 Å². The molecule has 0 aromatic rings. The first-order valence-electron chi connectivity index (χ1n) is 12.0. The summed E-state index contributed by atoms with van der Waals surface area (Å²) >= 11 is 1.94. The first kappa shape index (κ1) is 22.2. The van der Waals surface area contributed by atoms with Gasteiger partial charge in [0.25, 0.3) is 0 Å². The van der Waals surface area contributed by atoms with E-state index in [0.29, 0.717) is 28.5 Å². The Balaban J connectivity index is 1.60. The van der Waals surface area contributed by atoms with E-state index >= 15 is 0 Å². The van der Waals surface area contributed by atoms with Crippen molar-refractivity contribution in [3.63, 3.8) is 0 Å². The zero-order valence-corrected chi connectivity index (χ0v) is 20.4. The Hall–Kier alpha value is -0.970. The minimum absolute atomic E-state index is 0.0990. The van der Waals surface area contributed by atoms with Crippen LogP contribution in [0.4, 0.5) is 0 Å². The molecule has 30 heavy (non-hydrogen) atoms. The van der Waals surface area contributed by atoms with E-state index in [1.165, 1.54) is 32.1 Å². The molecular formula is C25H40N2O2S. The highest BCUT2D eigenvalue weighted by Crippen LogP contribution is 2.66. The van der Waals surface area contributed by atoms with Gasteiger partial charge < -0.3 is 10.2 Å². The molecule has 3 saturated carbocycles. The Morgan fingerprint density at radius 3 is 2.57 bits per heavy atom. The van der Waals surface area contributed by atoms with Crippen LogP contribution in [0, 0.1) is 34.5 Å². The maximum absolute atomic E-state index is 12.3. The lowest BCUT2D eigenvalue weighted by atomic mass is 9.47. The molecular weight excluding hydrogens is 392 g/mol. The summed E-state index contributed by atoms with van der Waals surface area (Å²) in [7, 11) is 1.99. The highest BCUT2D eigenvalue weighted by molar-refractivity contribution is 8.00. The number of thioether (sulfide) groups is 1. The molecule has 1 N–H and O–H groups in total. The van der Waals surface area contributed by atoms with Crippen LogP contribution in [0.1, 0.15) is 73.1 Å². The normalized spacial score (nSPS) is 43.8. The zero-order chi connectivity index (χ0) is 21.8. The van der Waals surface area contributed by atoms with Crippen molar-refractivity contribution in [1.29, 1.82) is 0 Å². The topological polar surface area (TPSA) is 49.4 Å². The van der Waals surface area contributed by atoms with Gasteiger partial charge in [0, 0.05) is 30.7 Å². The summed E-state index contributed by atoms with van der Waals surface area (Å²) in [6.45, 7) is 11.1. The van der Waals surface area contributed by atoms with Gasteiger partial charge in [0.2, 0.25) is 11.8 Å². The molecule has 4 rings (SSSR count). The van der Waals surface area contributed by atoms with Crippen LogP contribution in [-0.4, -0.2) is 40.4 Å². The predicted molar refractivity (Wildman–Crippen MR) is 124 cm³/mol. The van der Waals surface area contributed by atoms with Crippen molar-refractivity contribution in [3.8, 4) is 0 Å². The maximum atomic E-state index is 12.3. The number of likely N-dealkylation sites (N-methyl/N-ethyl adjacent to an activating group) is 1. The molecule has 2 amide bonds. The summed E-state index contributed by atoms with van der Waals surface area (Å²) < 4.78 is 0. The van der Waals surface area contributed by atoms with Gasteiger partial charge in [0.05, 0.1) is 5.37 Å². The summed E-state index contributed by atoms with van der Waals surface area (Å²) in [5, 5.41) is 4.05. The molecule has 1 aliphatic heterocycles. The van der Waals surface area contributed by atoms with E-state index < -0.39 is 0 Å². The largest absolute Gasteiger partial charge is 0.344 e. The van der Waals surface area contributed by atoms with Crippen LogP contribution in [0.15, 0.2) is 12.2 Å². The fourth-order valence-electron chi connectivity index (χ4n) is 8.00. The van der Waals surface area contributed by atoms with Crippen LogP contribution < -0.4 is 5.32 Å². The molecule has 1 unspecified atom stereocenters. The molecule has 0 saturated heterocycles. The number of nitrogens with zero attached hydrogens (tertiary/aromatic N) is 1. The second-order valence-electron chi connectivity index (χ2n) is 11.2. The van der Waals surface area contributed by atoms with E-state index in [-0.39, 0.29) is 22.6 Å². The Morgan fingerprint density at radius 2 is 1.90 bits per heavy atom. The molecule has 0 aromatic heterocycles. The number of fused-ring (bicyclic) bond motifs is 5. The SMILES string of the molecule is CC(=O)NC(SC(C)C)[C@H]1CC[C@H]2[C@@H]3CC[C@H]4N(C)C(=O)C=C[C@]4(C)[C@H]3CC[C@]12C. The number of carbonyl (C=O) groups excluding carboxylic acids is 2. The van der Waals surface area contributed by atoms with Gasteiger partial charge in [-0.3, -0.25) is 9.59 Å². The molecule has 3 aliphatic carbocycles. The lowest BCUT2D eigenvalue weighted by Gasteiger charge is -2.60. The molecule has 5 heteroatoms. The Kier molecular flexibility index (Phi) is 5.83. The van der Waals surface area contributed by atoms with Crippen molar-refractivity contribution in [2.24, 2.45) is 34.5 Å². The molecule has 4 nitrogen and oxygen atoms in total. The molecule has 1 heterocycles. The lowest BCUT2D eigenvalue weighted by Crippen LogP contribution is -2.60. The standard InChI is InChI=1S/C25H40N2O2S/c1-15(2)30-23(26-16(3)28)20-9-8-18-17-7-10-21-25(5,14-12-22(29)27(21)6)19(17)11-13-24(18,20)4/h12,14-15,17-21,23H,7-11,13H2,1-6H3,(H,26,28)/t17-,18-,19-,20+,21+,23?,24-,25+/m0/s1. The van der Waals surface area contributed by atoms with E-state index in [4.69, 9.17) is 0 Å². The molecule has 4 aliphatic rings. The summed E-state index contributed by atoms with van der Waals surface area (Å²) in [5.41, 5.74) is 0.411. The summed E-state index contributed by atoms with van der Waals surface area (Å²) in [6, 6.07) is 0.349. The Labute approximate surface area is 187 Å². The van der Waals surface area contributed by atoms with Gasteiger partial charge in [-0.1, -0.05) is 33.8 Å². The smallest absolute Gasteiger partial charge is 0.246 e. The van der Waals surface area contributed by atoms with Gasteiger partial charge in [-0.15, -0.1) is 11.8 Å². The fourth-order valence-corrected chi connectivity index (χ4v) is 9.46. The summed E-state index contributed by atoms with van der Waals surface area (Å²) in [5.74, 6) is 2.96. The van der Waals surface area contributed by atoms with Gasteiger partial charge in [-0.2, -0.15) is 0 Å². The monoisotopic (exact) mass is 432 g/mol. The van der Waals surface area contributed by atoms with Gasteiger partial charge in [-0.25, -0.2) is 0 Å². The Bertz CT molecular complexity index is 737. The molecule has 0 radical (unpaired) electrons. The number of carbonyl (C=O) groups is 2. The van der Waals surface area contributed by atoms with Crippen molar-refractivity contribution >= 4 is 23.6 Å². The highest BCUT2D eigenvalue weighted by Gasteiger charge is 2.61. The minimum atomic E-state index is 0.0990. The van der Waals surface area contributed by atoms with Crippen molar-refractivity contribution in [2.45, 2.75) is 89.8 Å². The van der Waals surface area contributed by atoms with Crippen LogP contribution in [0.3, 0.4) is 0 Å². The van der Waals surface area contributed by atoms with Crippen molar-refractivity contribution in [1.82, 2.24) is 10.2 Å². The van der Waals surface area contributed by atoms with Crippen molar-refractivity contribution < 1.29 is 9.59 Å². The van der Waals surface area contributed by atoms with Gasteiger partial charge in [0.15, 0.2) is 0 Å². The fraction of sp³-hybridized carbons (Fsp3) is 0.840. The van der Waals surface area contributed by atoms with Crippen molar-refractivity contribution in [2.75, 3.05) is 7.05 Å². The third kappa shape index (κ3) is 3.43. The number of nitrogens with one attached hydrogen (secondary N) is 1. The van der Waals surface area contributed by atoms with E-state index in [1.807, 2.05) is 29.8 Å². The highest BCUT2D eigenvalue weighted by atomic mass is 32.2. The minimum Gasteiger partial charge on any atom is -0.344 e. The number of hydrogen-bond donors (Lipinski definition) is 1.